The second kappa shape index (κ2) is 3.73. The van der Waals surface area contributed by atoms with Crippen LogP contribution in [0.15, 0.2) is 24.3 Å². The van der Waals surface area contributed by atoms with Crippen LogP contribution >= 0.6 is 0 Å². The second-order valence-corrected chi connectivity index (χ2v) is 6.47. The molecule has 1 aromatic rings. The van der Waals surface area contributed by atoms with Gasteiger partial charge in [-0.25, -0.2) is 12.8 Å². The van der Waals surface area contributed by atoms with Gasteiger partial charge in [0.15, 0.2) is 9.84 Å². The van der Waals surface area contributed by atoms with Crippen molar-refractivity contribution >= 4 is 15.5 Å². The molecular formula is C11H14FNO2S. The monoisotopic (exact) mass is 243 g/mol. The van der Waals surface area contributed by atoms with Crippen molar-refractivity contribution in [3.63, 3.8) is 0 Å². The molecule has 1 aliphatic heterocycles. The lowest BCUT2D eigenvalue weighted by atomic mass is 9.92. The minimum absolute atomic E-state index is 0.0909. The summed E-state index contributed by atoms with van der Waals surface area (Å²) in [5.74, 6) is -0.322. The van der Waals surface area contributed by atoms with E-state index >= 15 is 0 Å². The van der Waals surface area contributed by atoms with Crippen molar-refractivity contribution in [2.75, 3.05) is 17.2 Å². The summed E-state index contributed by atoms with van der Waals surface area (Å²) in [6.07, 6.45) is 0.638. The highest BCUT2D eigenvalue weighted by atomic mass is 32.2. The summed E-state index contributed by atoms with van der Waals surface area (Å²) in [5.41, 5.74) is 4.72. The summed E-state index contributed by atoms with van der Waals surface area (Å²) in [5, 5.41) is 0. The fourth-order valence-corrected chi connectivity index (χ4v) is 3.81. The third kappa shape index (κ3) is 2.19. The van der Waals surface area contributed by atoms with Crippen LogP contribution in [0.25, 0.3) is 0 Å². The molecule has 1 aliphatic rings. The van der Waals surface area contributed by atoms with Crippen molar-refractivity contribution in [3.05, 3.63) is 29.8 Å². The van der Waals surface area contributed by atoms with Gasteiger partial charge in [-0.3, -0.25) is 0 Å². The Morgan fingerprint density at radius 3 is 2.44 bits per heavy atom. The predicted molar refractivity (Wildman–Crippen MR) is 61.5 cm³/mol. The quantitative estimate of drug-likeness (QED) is 0.763. The maximum absolute atomic E-state index is 14.5. The van der Waals surface area contributed by atoms with Crippen molar-refractivity contribution in [3.8, 4) is 0 Å². The van der Waals surface area contributed by atoms with Crippen LogP contribution in [-0.2, 0) is 15.5 Å². The lowest BCUT2D eigenvalue weighted by Crippen LogP contribution is -2.36. The lowest BCUT2D eigenvalue weighted by molar-refractivity contribution is 0.173. The van der Waals surface area contributed by atoms with Crippen LogP contribution in [-0.4, -0.2) is 19.9 Å². The zero-order chi connectivity index (χ0) is 11.8. The fourth-order valence-electron chi connectivity index (χ4n) is 2.07. The molecule has 1 atom stereocenters. The topological polar surface area (TPSA) is 60.2 Å². The van der Waals surface area contributed by atoms with Crippen molar-refractivity contribution in [2.24, 2.45) is 0 Å². The van der Waals surface area contributed by atoms with Crippen LogP contribution in [0, 0.1) is 0 Å². The Morgan fingerprint density at radius 1 is 1.25 bits per heavy atom. The molecule has 1 aromatic carbocycles. The first-order valence-corrected chi connectivity index (χ1v) is 6.99. The van der Waals surface area contributed by atoms with Gasteiger partial charge in [-0.1, -0.05) is 12.1 Å². The van der Waals surface area contributed by atoms with Gasteiger partial charge in [-0.15, -0.1) is 0 Å². The van der Waals surface area contributed by atoms with Crippen LogP contribution in [0.4, 0.5) is 10.1 Å². The third-order valence-electron chi connectivity index (χ3n) is 2.91. The summed E-state index contributed by atoms with van der Waals surface area (Å²) in [7, 11) is -3.25. The van der Waals surface area contributed by atoms with E-state index in [0.717, 1.165) is 0 Å². The molecule has 16 heavy (non-hydrogen) atoms. The SMILES string of the molecule is Nc1ccc(C2(F)CCCS(=O)(=O)C2)cc1. The molecule has 1 unspecified atom stereocenters. The molecule has 0 aliphatic carbocycles. The second-order valence-electron chi connectivity index (χ2n) is 4.28. The molecule has 0 aromatic heterocycles. The van der Waals surface area contributed by atoms with Gasteiger partial charge in [0.2, 0.25) is 0 Å². The van der Waals surface area contributed by atoms with Crippen molar-refractivity contribution in [1.29, 1.82) is 0 Å². The molecule has 2 rings (SSSR count). The molecule has 1 heterocycles. The van der Waals surface area contributed by atoms with Crippen LogP contribution in [0.5, 0.6) is 0 Å². The predicted octanol–water partition coefficient (Wildman–Crippen LogP) is 1.64. The standard InChI is InChI=1S/C11H14FNO2S/c12-11(6-1-7-16(14,15)8-11)9-2-4-10(13)5-3-9/h2-5H,1,6-8,13H2. The van der Waals surface area contributed by atoms with Crippen LogP contribution < -0.4 is 5.73 Å². The van der Waals surface area contributed by atoms with E-state index in [0.29, 0.717) is 17.7 Å². The molecular weight excluding hydrogens is 229 g/mol. The van der Waals surface area contributed by atoms with E-state index in [1.165, 1.54) is 0 Å². The molecule has 3 nitrogen and oxygen atoms in total. The summed E-state index contributed by atoms with van der Waals surface area (Å²) in [4.78, 5) is 0. The van der Waals surface area contributed by atoms with Gasteiger partial charge >= 0.3 is 0 Å². The molecule has 0 amide bonds. The molecule has 0 spiro atoms. The van der Waals surface area contributed by atoms with E-state index in [1.54, 1.807) is 24.3 Å². The van der Waals surface area contributed by atoms with Gasteiger partial charge in [-0.2, -0.15) is 0 Å². The smallest absolute Gasteiger partial charge is 0.153 e. The Balaban J connectivity index is 2.35. The third-order valence-corrected chi connectivity index (χ3v) is 4.71. The van der Waals surface area contributed by atoms with Crippen molar-refractivity contribution in [2.45, 2.75) is 18.5 Å². The lowest BCUT2D eigenvalue weighted by Gasteiger charge is -2.29. The number of nitrogens with two attached hydrogens (primary N) is 1. The largest absolute Gasteiger partial charge is 0.399 e. The molecule has 88 valence electrons. The van der Waals surface area contributed by atoms with Crippen LogP contribution in [0.1, 0.15) is 18.4 Å². The summed E-state index contributed by atoms with van der Waals surface area (Å²) >= 11 is 0. The number of anilines is 1. The molecule has 0 radical (unpaired) electrons. The Hall–Kier alpha value is -1.10. The summed E-state index contributed by atoms with van der Waals surface area (Å²) in [6, 6.07) is 6.32. The minimum atomic E-state index is -3.25. The van der Waals surface area contributed by atoms with E-state index in [1.807, 2.05) is 0 Å². The van der Waals surface area contributed by atoms with Crippen molar-refractivity contribution < 1.29 is 12.8 Å². The number of nitrogen functional groups attached to an aromatic ring is 1. The first-order chi connectivity index (χ1) is 7.41. The first kappa shape index (κ1) is 11.4. The Kier molecular flexibility index (Phi) is 2.66. The van der Waals surface area contributed by atoms with Crippen molar-refractivity contribution in [1.82, 2.24) is 0 Å². The summed E-state index contributed by atoms with van der Waals surface area (Å²) in [6.45, 7) is 0. The maximum Gasteiger partial charge on any atom is 0.153 e. The molecule has 5 heteroatoms. The van der Waals surface area contributed by atoms with E-state index in [-0.39, 0.29) is 12.2 Å². The summed E-state index contributed by atoms with van der Waals surface area (Å²) < 4.78 is 37.4. The number of benzene rings is 1. The van der Waals surface area contributed by atoms with Gasteiger partial charge in [-0.05, 0) is 30.5 Å². The normalized spacial score (nSPS) is 28.8. The number of rotatable bonds is 1. The van der Waals surface area contributed by atoms with Gasteiger partial charge in [0.25, 0.3) is 0 Å². The number of hydrogen-bond acceptors (Lipinski definition) is 3. The number of sulfone groups is 1. The molecule has 0 saturated carbocycles. The van der Waals surface area contributed by atoms with E-state index in [2.05, 4.69) is 0 Å². The zero-order valence-corrected chi connectivity index (χ0v) is 9.63. The highest BCUT2D eigenvalue weighted by molar-refractivity contribution is 7.91. The van der Waals surface area contributed by atoms with Gasteiger partial charge in [0.05, 0.1) is 11.5 Å². The number of hydrogen-bond donors (Lipinski definition) is 1. The van der Waals surface area contributed by atoms with E-state index in [9.17, 15) is 12.8 Å². The number of halogens is 1. The first-order valence-electron chi connectivity index (χ1n) is 5.17. The van der Waals surface area contributed by atoms with Gasteiger partial charge in [0, 0.05) is 5.69 Å². The Morgan fingerprint density at radius 2 is 1.88 bits per heavy atom. The van der Waals surface area contributed by atoms with E-state index in [4.69, 9.17) is 5.73 Å². The highest BCUT2D eigenvalue weighted by Gasteiger charge is 2.40. The average Bonchev–Trinajstić information content (AvgIpc) is 2.16. The zero-order valence-electron chi connectivity index (χ0n) is 8.82. The molecule has 1 saturated heterocycles. The Bertz CT molecular complexity index is 483. The fraction of sp³-hybridized carbons (Fsp3) is 0.455. The van der Waals surface area contributed by atoms with Gasteiger partial charge < -0.3 is 5.73 Å². The number of alkyl halides is 1. The van der Waals surface area contributed by atoms with Gasteiger partial charge in [0.1, 0.15) is 5.67 Å². The highest BCUT2D eigenvalue weighted by Crippen LogP contribution is 2.36. The van der Waals surface area contributed by atoms with Crippen LogP contribution in [0.3, 0.4) is 0 Å². The molecule has 0 bridgehead atoms. The molecule has 1 fully saturated rings. The average molecular weight is 243 g/mol. The molecule has 2 N–H and O–H groups in total. The minimum Gasteiger partial charge on any atom is -0.399 e. The Labute approximate surface area is 94.4 Å². The maximum atomic E-state index is 14.5. The van der Waals surface area contributed by atoms with Crippen LogP contribution in [0.2, 0.25) is 0 Å². The van der Waals surface area contributed by atoms with E-state index < -0.39 is 21.3 Å².